The third kappa shape index (κ3) is 2.36. The molecule has 1 fully saturated rings. The number of hydrogen-bond acceptors (Lipinski definition) is 3. The highest BCUT2D eigenvalue weighted by atomic mass is 16.3. The molecule has 16 heavy (non-hydrogen) atoms. The molecular weight excluding hydrogens is 200 g/mol. The number of anilines is 1. The van der Waals surface area contributed by atoms with Crippen LogP contribution < -0.4 is 10.6 Å². The Morgan fingerprint density at radius 1 is 1.19 bits per heavy atom. The van der Waals surface area contributed by atoms with E-state index in [0.717, 1.165) is 18.7 Å². The van der Waals surface area contributed by atoms with E-state index >= 15 is 0 Å². The van der Waals surface area contributed by atoms with Gasteiger partial charge in [-0.2, -0.15) is 0 Å². The maximum Gasteiger partial charge on any atom is 0.0625 e. The first-order chi connectivity index (χ1) is 7.83. The lowest BCUT2D eigenvalue weighted by molar-refractivity contribution is 0.268. The second-order valence-electron chi connectivity index (χ2n) is 4.40. The van der Waals surface area contributed by atoms with Crippen LogP contribution in [0.1, 0.15) is 30.9 Å². The topological polar surface area (TPSA) is 49.5 Å². The first kappa shape index (κ1) is 11.4. The number of hydrogen-bond donors (Lipinski definition) is 2. The Morgan fingerprint density at radius 3 is 2.56 bits per heavy atom. The normalized spacial score (nSPS) is 18.5. The molecule has 1 aromatic carbocycles. The van der Waals surface area contributed by atoms with Crippen LogP contribution in [-0.4, -0.2) is 24.8 Å². The Balaban J connectivity index is 2.24. The number of nitrogens with two attached hydrogens (primary N) is 1. The maximum atomic E-state index is 9.17. The molecular formula is C13H20N2O. The van der Waals surface area contributed by atoms with Crippen LogP contribution in [0, 0.1) is 0 Å². The number of nitrogens with zero attached hydrogens (tertiary/aromatic N) is 1. The van der Waals surface area contributed by atoms with Crippen molar-refractivity contribution in [3.05, 3.63) is 29.8 Å². The molecule has 0 aliphatic carbocycles. The number of benzene rings is 1. The Kier molecular flexibility index (Phi) is 3.80. The van der Waals surface area contributed by atoms with Crippen molar-refractivity contribution in [1.82, 2.24) is 0 Å². The number of aliphatic hydroxyl groups is 1. The predicted molar refractivity (Wildman–Crippen MR) is 66.5 cm³/mol. The summed E-state index contributed by atoms with van der Waals surface area (Å²) in [5.41, 5.74) is 8.18. The van der Waals surface area contributed by atoms with Crippen LogP contribution in [0.25, 0.3) is 0 Å². The van der Waals surface area contributed by atoms with Crippen LogP contribution in [0.2, 0.25) is 0 Å². The van der Waals surface area contributed by atoms with Gasteiger partial charge in [-0.15, -0.1) is 0 Å². The standard InChI is InChI=1S/C13H20N2O/c14-12(10-16)11-6-2-3-7-13(11)15-8-4-1-5-9-15/h2-3,6-7,12,16H,1,4-5,8-10,14H2/t12-/m1/s1. The van der Waals surface area contributed by atoms with Gasteiger partial charge >= 0.3 is 0 Å². The fourth-order valence-electron chi connectivity index (χ4n) is 2.32. The molecule has 0 unspecified atom stereocenters. The summed E-state index contributed by atoms with van der Waals surface area (Å²) in [6, 6.07) is 7.88. The third-order valence-corrected chi connectivity index (χ3v) is 3.23. The van der Waals surface area contributed by atoms with Crippen LogP contribution in [0.4, 0.5) is 5.69 Å². The quantitative estimate of drug-likeness (QED) is 0.814. The lowest BCUT2D eigenvalue weighted by Gasteiger charge is -2.31. The molecule has 0 bridgehead atoms. The summed E-state index contributed by atoms with van der Waals surface area (Å²) in [6.07, 6.45) is 3.83. The van der Waals surface area contributed by atoms with E-state index in [-0.39, 0.29) is 12.6 Å². The summed E-state index contributed by atoms with van der Waals surface area (Å²) in [4.78, 5) is 2.38. The van der Waals surface area contributed by atoms with Crippen molar-refractivity contribution >= 4 is 5.69 Å². The van der Waals surface area contributed by atoms with Crippen molar-refractivity contribution in [1.29, 1.82) is 0 Å². The largest absolute Gasteiger partial charge is 0.394 e. The van der Waals surface area contributed by atoms with Gasteiger partial charge in [-0.25, -0.2) is 0 Å². The average molecular weight is 220 g/mol. The minimum atomic E-state index is -0.266. The molecule has 1 saturated heterocycles. The highest BCUT2D eigenvalue weighted by Gasteiger charge is 2.16. The van der Waals surface area contributed by atoms with E-state index < -0.39 is 0 Å². The molecule has 0 saturated carbocycles. The molecule has 0 aromatic heterocycles. The van der Waals surface area contributed by atoms with Gasteiger partial charge in [0.2, 0.25) is 0 Å². The van der Waals surface area contributed by atoms with E-state index in [0.29, 0.717) is 0 Å². The van der Waals surface area contributed by atoms with E-state index in [1.54, 1.807) is 0 Å². The Hall–Kier alpha value is -1.06. The van der Waals surface area contributed by atoms with Gasteiger partial charge in [0.05, 0.1) is 12.6 Å². The predicted octanol–water partition coefficient (Wildman–Crippen LogP) is 1.67. The van der Waals surface area contributed by atoms with E-state index in [1.165, 1.54) is 24.9 Å². The van der Waals surface area contributed by atoms with Gasteiger partial charge in [0.1, 0.15) is 0 Å². The maximum absolute atomic E-state index is 9.17. The summed E-state index contributed by atoms with van der Waals surface area (Å²) in [5.74, 6) is 0. The van der Waals surface area contributed by atoms with E-state index in [2.05, 4.69) is 11.0 Å². The molecule has 1 aliphatic heterocycles. The van der Waals surface area contributed by atoms with Crippen molar-refractivity contribution in [3.8, 4) is 0 Å². The fraction of sp³-hybridized carbons (Fsp3) is 0.538. The molecule has 0 amide bonds. The van der Waals surface area contributed by atoms with Crippen molar-refractivity contribution in [2.24, 2.45) is 5.73 Å². The highest BCUT2D eigenvalue weighted by Crippen LogP contribution is 2.27. The average Bonchev–Trinajstić information content (AvgIpc) is 2.39. The second kappa shape index (κ2) is 5.32. The highest BCUT2D eigenvalue weighted by molar-refractivity contribution is 5.55. The number of para-hydroxylation sites is 1. The Labute approximate surface area is 96.9 Å². The van der Waals surface area contributed by atoms with Crippen LogP contribution in [-0.2, 0) is 0 Å². The van der Waals surface area contributed by atoms with Crippen molar-refractivity contribution in [3.63, 3.8) is 0 Å². The molecule has 0 radical (unpaired) electrons. The third-order valence-electron chi connectivity index (χ3n) is 3.23. The zero-order valence-electron chi connectivity index (χ0n) is 9.60. The summed E-state index contributed by atoms with van der Waals surface area (Å²) in [6.45, 7) is 2.22. The lowest BCUT2D eigenvalue weighted by Crippen LogP contribution is -2.31. The molecule has 3 heteroatoms. The SMILES string of the molecule is N[C@H](CO)c1ccccc1N1CCCCC1. The minimum absolute atomic E-state index is 0.00481. The zero-order chi connectivity index (χ0) is 11.4. The van der Waals surface area contributed by atoms with Gasteiger partial charge in [0.15, 0.2) is 0 Å². The van der Waals surface area contributed by atoms with E-state index in [9.17, 15) is 0 Å². The number of rotatable bonds is 3. The molecule has 1 heterocycles. The lowest BCUT2D eigenvalue weighted by atomic mass is 10.0. The summed E-state index contributed by atoms with van der Waals surface area (Å²) in [7, 11) is 0. The fourth-order valence-corrected chi connectivity index (χ4v) is 2.32. The van der Waals surface area contributed by atoms with Crippen molar-refractivity contribution < 1.29 is 5.11 Å². The van der Waals surface area contributed by atoms with E-state index in [4.69, 9.17) is 10.8 Å². The minimum Gasteiger partial charge on any atom is -0.394 e. The molecule has 88 valence electrons. The molecule has 0 spiro atoms. The smallest absolute Gasteiger partial charge is 0.0625 e. The summed E-state index contributed by atoms with van der Waals surface area (Å²) < 4.78 is 0. The van der Waals surface area contributed by atoms with Gasteiger partial charge < -0.3 is 15.7 Å². The molecule has 2 rings (SSSR count). The molecule has 1 aromatic rings. The zero-order valence-corrected chi connectivity index (χ0v) is 9.60. The molecule has 1 aliphatic rings. The van der Waals surface area contributed by atoms with Gasteiger partial charge in [0.25, 0.3) is 0 Å². The van der Waals surface area contributed by atoms with Crippen molar-refractivity contribution in [2.75, 3.05) is 24.6 Å². The number of aliphatic hydroxyl groups excluding tert-OH is 1. The van der Waals surface area contributed by atoms with Crippen LogP contribution >= 0.6 is 0 Å². The van der Waals surface area contributed by atoms with Crippen molar-refractivity contribution in [2.45, 2.75) is 25.3 Å². The molecule has 3 nitrogen and oxygen atoms in total. The number of piperidine rings is 1. The summed E-state index contributed by atoms with van der Waals surface area (Å²) >= 11 is 0. The monoisotopic (exact) mass is 220 g/mol. The first-order valence-electron chi connectivity index (χ1n) is 6.03. The van der Waals surface area contributed by atoms with Gasteiger partial charge in [0, 0.05) is 18.8 Å². The van der Waals surface area contributed by atoms with Gasteiger partial charge in [-0.05, 0) is 30.9 Å². The van der Waals surface area contributed by atoms with Gasteiger partial charge in [-0.1, -0.05) is 18.2 Å². The second-order valence-corrected chi connectivity index (χ2v) is 4.40. The Bertz CT molecular complexity index is 334. The molecule has 3 N–H and O–H groups in total. The Morgan fingerprint density at radius 2 is 1.88 bits per heavy atom. The summed E-state index contributed by atoms with van der Waals surface area (Å²) in [5, 5.41) is 9.17. The first-order valence-corrected chi connectivity index (χ1v) is 6.03. The van der Waals surface area contributed by atoms with Crippen LogP contribution in [0.15, 0.2) is 24.3 Å². The molecule has 1 atom stereocenters. The van der Waals surface area contributed by atoms with Crippen LogP contribution in [0.3, 0.4) is 0 Å². The van der Waals surface area contributed by atoms with Gasteiger partial charge in [-0.3, -0.25) is 0 Å². The van der Waals surface area contributed by atoms with Crippen LogP contribution in [0.5, 0.6) is 0 Å². The van der Waals surface area contributed by atoms with E-state index in [1.807, 2.05) is 18.2 Å².